The average Bonchev–Trinajstić information content (AvgIpc) is 3.13. The molecule has 1 aromatic heterocycles. The van der Waals surface area contributed by atoms with Crippen LogP contribution in [0.25, 0.3) is 10.9 Å². The van der Waals surface area contributed by atoms with Gasteiger partial charge in [0.15, 0.2) is 0 Å². The molecule has 0 atom stereocenters. The first-order valence-electron chi connectivity index (χ1n) is 8.74. The summed E-state index contributed by atoms with van der Waals surface area (Å²) in [6.45, 7) is 0.386. The monoisotopic (exact) mass is 417 g/mol. The average molecular weight is 417 g/mol. The summed E-state index contributed by atoms with van der Waals surface area (Å²) in [4.78, 5) is 12.6. The zero-order valence-corrected chi connectivity index (χ0v) is 15.1. The number of fused-ring (bicyclic) bond motifs is 1. The molecule has 0 aliphatic heterocycles. The molecule has 0 saturated carbocycles. The Morgan fingerprint density at radius 1 is 0.767 bits per heavy atom. The summed E-state index contributed by atoms with van der Waals surface area (Å²) in [5.74, 6) is -14.0. The van der Waals surface area contributed by atoms with E-state index in [0.29, 0.717) is 17.4 Å². The molecule has 0 spiro atoms. The zero-order valence-electron chi connectivity index (χ0n) is 15.1. The van der Waals surface area contributed by atoms with Crippen molar-refractivity contribution in [2.45, 2.75) is 6.54 Å². The van der Waals surface area contributed by atoms with Gasteiger partial charge in [-0.3, -0.25) is 0 Å². The highest BCUT2D eigenvalue weighted by atomic mass is 19.2. The van der Waals surface area contributed by atoms with Crippen molar-refractivity contribution in [3.8, 4) is 5.75 Å². The van der Waals surface area contributed by atoms with Crippen LogP contribution in [0.3, 0.4) is 0 Å². The maximum absolute atomic E-state index is 13.9. The van der Waals surface area contributed by atoms with Gasteiger partial charge >= 0.3 is 5.97 Å². The standard InChI is InChI=1S/C22H12F5NO2/c23-16-17(24)19(26)21(20(27)18(16)25)30-22(29)14-11-28(10-12-6-2-1-3-7-12)15-9-5-4-8-13(14)15/h1-9,11H,10H2. The molecule has 0 unspecified atom stereocenters. The van der Waals surface area contributed by atoms with Gasteiger partial charge in [-0.25, -0.2) is 18.0 Å². The lowest BCUT2D eigenvalue weighted by Crippen LogP contribution is -2.13. The third kappa shape index (κ3) is 3.30. The number of para-hydroxylation sites is 1. The van der Waals surface area contributed by atoms with Crippen molar-refractivity contribution in [2.24, 2.45) is 0 Å². The lowest BCUT2D eigenvalue weighted by molar-refractivity contribution is 0.0718. The van der Waals surface area contributed by atoms with Gasteiger partial charge in [0.05, 0.1) is 5.56 Å². The summed E-state index contributed by atoms with van der Waals surface area (Å²) in [5, 5.41) is 0.405. The van der Waals surface area contributed by atoms with Crippen molar-refractivity contribution in [1.29, 1.82) is 0 Å². The molecule has 0 N–H and O–H groups in total. The van der Waals surface area contributed by atoms with E-state index >= 15 is 0 Å². The Morgan fingerprint density at radius 2 is 1.33 bits per heavy atom. The Kier molecular flexibility index (Phi) is 4.99. The number of rotatable bonds is 4. The summed E-state index contributed by atoms with van der Waals surface area (Å²) in [5.41, 5.74) is 1.48. The predicted octanol–water partition coefficient (Wildman–Crippen LogP) is 5.60. The third-order valence-corrected chi connectivity index (χ3v) is 4.57. The fraction of sp³-hybridized carbons (Fsp3) is 0.0455. The molecule has 8 heteroatoms. The number of esters is 1. The topological polar surface area (TPSA) is 31.2 Å². The van der Waals surface area contributed by atoms with Gasteiger partial charge in [0.2, 0.25) is 34.8 Å². The second kappa shape index (κ2) is 7.62. The molecule has 0 fully saturated rings. The second-order valence-electron chi connectivity index (χ2n) is 6.46. The molecule has 3 nitrogen and oxygen atoms in total. The van der Waals surface area contributed by atoms with Gasteiger partial charge in [-0.15, -0.1) is 0 Å². The molecule has 0 saturated heterocycles. The van der Waals surface area contributed by atoms with Crippen LogP contribution in [-0.4, -0.2) is 10.5 Å². The first-order chi connectivity index (χ1) is 14.4. The summed E-state index contributed by atoms with van der Waals surface area (Å²) >= 11 is 0. The first kappa shape index (κ1) is 19.6. The number of benzene rings is 3. The molecule has 30 heavy (non-hydrogen) atoms. The van der Waals surface area contributed by atoms with Gasteiger partial charge in [-0.2, -0.15) is 8.78 Å². The molecule has 1 heterocycles. The van der Waals surface area contributed by atoms with E-state index in [2.05, 4.69) is 4.74 Å². The third-order valence-electron chi connectivity index (χ3n) is 4.57. The largest absolute Gasteiger partial charge is 0.416 e. The van der Waals surface area contributed by atoms with Crippen LogP contribution in [0.1, 0.15) is 15.9 Å². The quantitative estimate of drug-likeness (QED) is 0.142. The molecule has 3 aromatic carbocycles. The fourth-order valence-electron chi connectivity index (χ4n) is 3.14. The molecular weight excluding hydrogens is 405 g/mol. The Bertz CT molecular complexity index is 1240. The van der Waals surface area contributed by atoms with Gasteiger partial charge in [0.25, 0.3) is 0 Å². The van der Waals surface area contributed by atoms with E-state index in [1.54, 1.807) is 28.8 Å². The van der Waals surface area contributed by atoms with Crippen LogP contribution in [0.5, 0.6) is 5.75 Å². The van der Waals surface area contributed by atoms with Crippen molar-refractivity contribution in [1.82, 2.24) is 4.57 Å². The van der Waals surface area contributed by atoms with Crippen LogP contribution < -0.4 is 4.74 Å². The summed E-state index contributed by atoms with van der Waals surface area (Å²) < 4.78 is 74.1. The predicted molar refractivity (Wildman–Crippen MR) is 98.7 cm³/mol. The Balaban J connectivity index is 1.75. The minimum Gasteiger partial charge on any atom is -0.416 e. The number of hydrogen-bond donors (Lipinski definition) is 0. The lowest BCUT2D eigenvalue weighted by Gasteiger charge is -2.08. The molecular formula is C22H12F5NO2. The number of carbonyl (C=O) groups excluding carboxylic acids is 1. The lowest BCUT2D eigenvalue weighted by atomic mass is 10.2. The fourth-order valence-corrected chi connectivity index (χ4v) is 3.14. The summed E-state index contributed by atoms with van der Waals surface area (Å²) in [7, 11) is 0. The van der Waals surface area contributed by atoms with Crippen molar-refractivity contribution in [3.05, 3.63) is 101 Å². The van der Waals surface area contributed by atoms with E-state index in [-0.39, 0.29) is 5.56 Å². The van der Waals surface area contributed by atoms with E-state index < -0.39 is 40.8 Å². The number of aromatic nitrogens is 1. The van der Waals surface area contributed by atoms with E-state index in [0.717, 1.165) is 5.56 Å². The highest BCUT2D eigenvalue weighted by Crippen LogP contribution is 2.31. The van der Waals surface area contributed by atoms with Crippen molar-refractivity contribution in [2.75, 3.05) is 0 Å². The zero-order chi connectivity index (χ0) is 21.4. The van der Waals surface area contributed by atoms with Gasteiger partial charge in [0.1, 0.15) is 0 Å². The minimum atomic E-state index is -2.33. The Morgan fingerprint density at radius 3 is 2.00 bits per heavy atom. The normalized spacial score (nSPS) is 11.1. The van der Waals surface area contributed by atoms with E-state index in [1.165, 1.54) is 6.20 Å². The first-order valence-corrected chi connectivity index (χ1v) is 8.74. The molecule has 4 rings (SSSR count). The Hall–Kier alpha value is -3.68. The maximum atomic E-state index is 13.9. The van der Waals surface area contributed by atoms with Crippen LogP contribution in [-0.2, 0) is 6.54 Å². The highest BCUT2D eigenvalue weighted by molar-refractivity contribution is 6.05. The number of hydrogen-bond acceptors (Lipinski definition) is 2. The van der Waals surface area contributed by atoms with Crippen LogP contribution in [0.15, 0.2) is 60.8 Å². The number of carbonyl (C=O) groups is 1. The van der Waals surface area contributed by atoms with Gasteiger partial charge in [-0.05, 0) is 11.6 Å². The van der Waals surface area contributed by atoms with Crippen LogP contribution in [0, 0.1) is 29.1 Å². The van der Waals surface area contributed by atoms with Crippen molar-refractivity contribution < 1.29 is 31.5 Å². The number of ether oxygens (including phenoxy) is 1. The van der Waals surface area contributed by atoms with Gasteiger partial charge in [0, 0.05) is 23.6 Å². The SMILES string of the molecule is O=C(Oc1c(F)c(F)c(F)c(F)c1F)c1cn(Cc2ccccc2)c2ccccc12. The van der Waals surface area contributed by atoms with Crippen LogP contribution in [0.4, 0.5) is 22.0 Å². The highest BCUT2D eigenvalue weighted by Gasteiger charge is 2.29. The maximum Gasteiger partial charge on any atom is 0.345 e. The van der Waals surface area contributed by atoms with E-state index in [4.69, 9.17) is 0 Å². The number of halogens is 5. The summed E-state index contributed by atoms with van der Waals surface area (Å²) in [6, 6.07) is 16.0. The Labute approximate surface area is 166 Å². The molecule has 0 aliphatic rings. The van der Waals surface area contributed by atoms with Crippen molar-refractivity contribution >= 4 is 16.9 Å². The van der Waals surface area contributed by atoms with Gasteiger partial charge < -0.3 is 9.30 Å². The van der Waals surface area contributed by atoms with Crippen LogP contribution >= 0.6 is 0 Å². The van der Waals surface area contributed by atoms with E-state index in [1.807, 2.05) is 30.3 Å². The van der Waals surface area contributed by atoms with E-state index in [9.17, 15) is 26.7 Å². The molecule has 0 amide bonds. The molecule has 4 aromatic rings. The molecule has 0 radical (unpaired) electrons. The van der Waals surface area contributed by atoms with Gasteiger partial charge in [-0.1, -0.05) is 48.5 Å². The minimum absolute atomic E-state index is 0.0783. The molecule has 0 aliphatic carbocycles. The molecule has 0 bridgehead atoms. The number of nitrogens with zero attached hydrogens (tertiary/aromatic N) is 1. The smallest absolute Gasteiger partial charge is 0.345 e. The summed E-state index contributed by atoms with van der Waals surface area (Å²) in [6.07, 6.45) is 1.41. The molecule has 152 valence electrons. The van der Waals surface area contributed by atoms with Crippen molar-refractivity contribution in [3.63, 3.8) is 0 Å². The van der Waals surface area contributed by atoms with Crippen LogP contribution in [0.2, 0.25) is 0 Å². The second-order valence-corrected chi connectivity index (χ2v) is 6.46.